The SMILES string of the molecule is Cc1ccc(C)c(OCCOc2ccc(C=C3SC(=S)N(C)C3=O)cc2Cl)c1. The van der Waals surface area contributed by atoms with E-state index >= 15 is 0 Å². The molecule has 28 heavy (non-hydrogen) atoms. The van der Waals surface area contributed by atoms with E-state index in [1.165, 1.54) is 16.7 Å². The average molecular weight is 434 g/mol. The van der Waals surface area contributed by atoms with E-state index in [0.29, 0.717) is 33.2 Å². The second-order valence-corrected chi connectivity index (χ2v) is 8.48. The lowest BCUT2D eigenvalue weighted by Gasteiger charge is -2.12. The molecule has 4 nitrogen and oxygen atoms in total. The van der Waals surface area contributed by atoms with Crippen LogP contribution in [0, 0.1) is 13.8 Å². The van der Waals surface area contributed by atoms with Crippen LogP contribution in [0.3, 0.4) is 0 Å². The summed E-state index contributed by atoms with van der Waals surface area (Å²) in [6.07, 6.45) is 1.78. The lowest BCUT2D eigenvalue weighted by Crippen LogP contribution is -2.22. The maximum Gasteiger partial charge on any atom is 0.265 e. The van der Waals surface area contributed by atoms with Gasteiger partial charge in [0.25, 0.3) is 5.91 Å². The van der Waals surface area contributed by atoms with Gasteiger partial charge >= 0.3 is 0 Å². The maximum atomic E-state index is 12.1. The van der Waals surface area contributed by atoms with Crippen molar-refractivity contribution in [1.82, 2.24) is 4.90 Å². The molecular weight excluding hydrogens is 414 g/mol. The summed E-state index contributed by atoms with van der Waals surface area (Å²) in [5, 5.41) is 0.479. The molecule has 1 aliphatic rings. The molecular formula is C21H20ClNO3S2. The predicted octanol–water partition coefficient (Wildman–Crippen LogP) is 5.25. The van der Waals surface area contributed by atoms with Gasteiger partial charge in [-0.1, -0.05) is 53.8 Å². The molecule has 1 aliphatic heterocycles. The fourth-order valence-corrected chi connectivity index (χ4v) is 4.01. The molecule has 0 N–H and O–H groups in total. The van der Waals surface area contributed by atoms with Crippen molar-refractivity contribution in [3.63, 3.8) is 0 Å². The highest BCUT2D eigenvalue weighted by atomic mass is 35.5. The summed E-state index contributed by atoms with van der Waals surface area (Å²) in [7, 11) is 1.67. The van der Waals surface area contributed by atoms with Gasteiger partial charge in [-0.25, -0.2) is 0 Å². The zero-order chi connectivity index (χ0) is 20.3. The van der Waals surface area contributed by atoms with Gasteiger partial charge in [0.1, 0.15) is 29.0 Å². The number of halogens is 1. The third-order valence-corrected chi connectivity index (χ3v) is 5.96. The normalized spacial score (nSPS) is 15.4. The Kier molecular flexibility index (Phi) is 6.65. The van der Waals surface area contributed by atoms with E-state index < -0.39 is 0 Å². The Morgan fingerprint density at radius 3 is 2.46 bits per heavy atom. The number of hydrogen-bond donors (Lipinski definition) is 0. The number of nitrogens with zero attached hydrogens (tertiary/aromatic N) is 1. The fraction of sp³-hybridized carbons (Fsp3) is 0.238. The molecule has 1 heterocycles. The molecule has 146 valence electrons. The van der Waals surface area contributed by atoms with Gasteiger partial charge in [-0.2, -0.15) is 0 Å². The first-order chi connectivity index (χ1) is 13.3. The van der Waals surface area contributed by atoms with Gasteiger partial charge in [0.15, 0.2) is 0 Å². The highest BCUT2D eigenvalue weighted by Gasteiger charge is 2.28. The number of rotatable bonds is 6. The van der Waals surface area contributed by atoms with Crippen LogP contribution < -0.4 is 9.47 Å². The van der Waals surface area contributed by atoms with E-state index in [4.69, 9.17) is 33.3 Å². The minimum Gasteiger partial charge on any atom is -0.490 e. The Morgan fingerprint density at radius 2 is 1.82 bits per heavy atom. The maximum absolute atomic E-state index is 12.1. The number of carbonyl (C=O) groups excluding carboxylic acids is 1. The summed E-state index contributed by atoms with van der Waals surface area (Å²) in [6, 6.07) is 11.5. The molecule has 0 aromatic heterocycles. The highest BCUT2D eigenvalue weighted by Crippen LogP contribution is 2.33. The van der Waals surface area contributed by atoms with E-state index in [0.717, 1.165) is 22.4 Å². The van der Waals surface area contributed by atoms with Gasteiger partial charge in [-0.05, 0) is 54.8 Å². The largest absolute Gasteiger partial charge is 0.490 e. The molecule has 0 atom stereocenters. The molecule has 1 amide bonds. The average Bonchev–Trinajstić information content (AvgIpc) is 2.89. The Morgan fingerprint density at radius 1 is 1.11 bits per heavy atom. The van der Waals surface area contributed by atoms with Crippen LogP contribution in [0.2, 0.25) is 5.02 Å². The van der Waals surface area contributed by atoms with Gasteiger partial charge in [-0.3, -0.25) is 9.69 Å². The molecule has 1 saturated heterocycles. The van der Waals surface area contributed by atoms with Crippen molar-refractivity contribution in [2.45, 2.75) is 13.8 Å². The Bertz CT molecular complexity index is 959. The number of benzene rings is 2. The number of aryl methyl sites for hydroxylation is 2. The summed E-state index contributed by atoms with van der Waals surface area (Å²) < 4.78 is 12.1. The van der Waals surface area contributed by atoms with Crippen LogP contribution in [0.15, 0.2) is 41.3 Å². The van der Waals surface area contributed by atoms with E-state index in [-0.39, 0.29) is 5.91 Å². The number of thioether (sulfide) groups is 1. The topological polar surface area (TPSA) is 38.8 Å². The van der Waals surface area contributed by atoms with Gasteiger partial charge in [0, 0.05) is 7.05 Å². The number of thiocarbonyl (C=S) groups is 1. The fourth-order valence-electron chi connectivity index (χ4n) is 2.59. The van der Waals surface area contributed by atoms with Crippen LogP contribution in [0.4, 0.5) is 0 Å². The third kappa shape index (κ3) is 4.87. The highest BCUT2D eigenvalue weighted by molar-refractivity contribution is 8.26. The molecule has 1 fully saturated rings. The molecule has 0 bridgehead atoms. The second kappa shape index (κ2) is 8.99. The van der Waals surface area contributed by atoms with E-state index in [1.807, 2.05) is 32.0 Å². The zero-order valence-electron chi connectivity index (χ0n) is 15.8. The predicted molar refractivity (Wildman–Crippen MR) is 119 cm³/mol. The summed E-state index contributed by atoms with van der Waals surface area (Å²) in [5.74, 6) is 1.33. The first kappa shape index (κ1) is 20.7. The third-order valence-electron chi connectivity index (χ3n) is 4.18. The van der Waals surface area contributed by atoms with Gasteiger partial charge < -0.3 is 9.47 Å². The van der Waals surface area contributed by atoms with E-state index in [2.05, 4.69) is 6.07 Å². The van der Waals surface area contributed by atoms with Crippen LogP contribution in [0.1, 0.15) is 16.7 Å². The zero-order valence-corrected chi connectivity index (χ0v) is 18.2. The summed E-state index contributed by atoms with van der Waals surface area (Å²) in [5.41, 5.74) is 3.06. The van der Waals surface area contributed by atoms with Crippen LogP contribution in [0.5, 0.6) is 11.5 Å². The number of hydrogen-bond acceptors (Lipinski definition) is 5. The molecule has 0 radical (unpaired) electrons. The minimum absolute atomic E-state index is 0.102. The van der Waals surface area contributed by atoms with E-state index in [1.54, 1.807) is 25.3 Å². The van der Waals surface area contributed by atoms with Crippen molar-refractivity contribution in [3.05, 3.63) is 63.0 Å². The Balaban J connectivity index is 1.58. The van der Waals surface area contributed by atoms with Crippen LogP contribution >= 0.6 is 35.6 Å². The van der Waals surface area contributed by atoms with Crippen molar-refractivity contribution >= 4 is 51.9 Å². The number of amides is 1. The van der Waals surface area contributed by atoms with Crippen molar-refractivity contribution in [3.8, 4) is 11.5 Å². The number of likely N-dealkylation sites (N-methyl/N-ethyl adjacent to an activating group) is 1. The smallest absolute Gasteiger partial charge is 0.265 e. The summed E-state index contributed by atoms with van der Waals surface area (Å²) in [4.78, 5) is 14.1. The molecule has 0 spiro atoms. The second-order valence-electron chi connectivity index (χ2n) is 6.40. The monoisotopic (exact) mass is 433 g/mol. The van der Waals surface area contributed by atoms with Crippen LogP contribution in [-0.4, -0.2) is 35.4 Å². The molecule has 7 heteroatoms. The van der Waals surface area contributed by atoms with Crippen molar-refractivity contribution in [2.24, 2.45) is 0 Å². The first-order valence-corrected chi connectivity index (χ1v) is 10.3. The van der Waals surface area contributed by atoms with Crippen molar-refractivity contribution in [2.75, 3.05) is 20.3 Å². The molecule has 0 unspecified atom stereocenters. The van der Waals surface area contributed by atoms with Crippen LogP contribution in [-0.2, 0) is 4.79 Å². The first-order valence-electron chi connectivity index (χ1n) is 8.69. The molecule has 3 rings (SSSR count). The van der Waals surface area contributed by atoms with E-state index in [9.17, 15) is 4.79 Å². The molecule has 2 aromatic rings. The van der Waals surface area contributed by atoms with Gasteiger partial charge in [0.05, 0.1) is 9.93 Å². The molecule has 0 saturated carbocycles. The standard InChI is InChI=1S/C21H20ClNO3S2/c1-13-4-5-14(2)18(10-13)26-9-8-25-17-7-6-15(11-16(17)22)12-19-20(24)23(3)21(27)28-19/h4-7,10-12H,8-9H2,1-3H3. The molecule has 2 aromatic carbocycles. The number of ether oxygens (including phenoxy) is 2. The lowest BCUT2D eigenvalue weighted by molar-refractivity contribution is -0.121. The quantitative estimate of drug-likeness (QED) is 0.353. The number of carbonyl (C=O) groups is 1. The summed E-state index contributed by atoms with van der Waals surface area (Å²) >= 11 is 12.7. The Labute approximate surface area is 179 Å². The van der Waals surface area contributed by atoms with Crippen molar-refractivity contribution < 1.29 is 14.3 Å². The van der Waals surface area contributed by atoms with Gasteiger partial charge in [0.2, 0.25) is 0 Å². The Hall–Kier alpha value is -2.02. The summed E-state index contributed by atoms with van der Waals surface area (Å²) in [6.45, 7) is 4.84. The van der Waals surface area contributed by atoms with Crippen molar-refractivity contribution in [1.29, 1.82) is 0 Å². The molecule has 0 aliphatic carbocycles. The lowest BCUT2D eigenvalue weighted by atomic mass is 10.1. The minimum atomic E-state index is -0.102. The van der Waals surface area contributed by atoms with Gasteiger partial charge in [-0.15, -0.1) is 0 Å². The van der Waals surface area contributed by atoms with Crippen LogP contribution in [0.25, 0.3) is 6.08 Å².